The Morgan fingerprint density at radius 1 is 0.613 bits per heavy atom. The predicted molar refractivity (Wildman–Crippen MR) is 139 cm³/mol. The summed E-state index contributed by atoms with van der Waals surface area (Å²) in [5, 5.41) is 0. The van der Waals surface area contributed by atoms with Crippen molar-refractivity contribution in [1.82, 2.24) is 0 Å². The van der Waals surface area contributed by atoms with E-state index < -0.39 is 0 Å². The molecule has 0 unspecified atom stereocenters. The molecule has 0 saturated heterocycles. The Morgan fingerprint density at radius 2 is 1.06 bits per heavy atom. The summed E-state index contributed by atoms with van der Waals surface area (Å²) >= 11 is 0. The van der Waals surface area contributed by atoms with Crippen molar-refractivity contribution in [2.24, 2.45) is 0 Å². The lowest BCUT2D eigenvalue weighted by Crippen LogP contribution is -2.18. The van der Waals surface area contributed by atoms with Crippen molar-refractivity contribution in [3.8, 4) is 0 Å². The van der Waals surface area contributed by atoms with Crippen molar-refractivity contribution >= 4 is 0 Å². The van der Waals surface area contributed by atoms with Gasteiger partial charge in [-0.15, -0.1) is 0 Å². The second kappa shape index (κ2) is 20.8. The Morgan fingerprint density at radius 3 is 1.52 bits per heavy atom. The van der Waals surface area contributed by atoms with Gasteiger partial charge in [-0.1, -0.05) is 85.6 Å². The van der Waals surface area contributed by atoms with Crippen LogP contribution >= 0.6 is 0 Å². The molecule has 0 aromatic heterocycles. The molecule has 0 atom stereocenters. The van der Waals surface area contributed by atoms with Crippen molar-refractivity contribution in [2.45, 2.75) is 125 Å². The van der Waals surface area contributed by atoms with Crippen LogP contribution in [0, 0.1) is 0 Å². The third-order valence-corrected chi connectivity index (χ3v) is 5.40. The summed E-state index contributed by atoms with van der Waals surface area (Å²) in [6, 6.07) is 0. The molecule has 2 nitrogen and oxygen atoms in total. The smallest absolute Gasteiger partial charge is 0.158 e. The van der Waals surface area contributed by atoms with E-state index >= 15 is 0 Å². The predicted octanol–water partition coefficient (Wildman–Crippen LogP) is 9.48. The van der Waals surface area contributed by atoms with E-state index in [1.165, 1.54) is 60.8 Å². The van der Waals surface area contributed by atoms with Gasteiger partial charge in [0.2, 0.25) is 0 Å². The van der Waals surface area contributed by atoms with Crippen LogP contribution in [-0.4, -0.2) is 19.5 Å². The summed E-state index contributed by atoms with van der Waals surface area (Å²) in [4.78, 5) is 0. The van der Waals surface area contributed by atoms with Gasteiger partial charge in [0, 0.05) is 0 Å². The monoisotopic (exact) mass is 432 g/mol. The molecule has 2 heteroatoms. The zero-order chi connectivity index (χ0) is 23.3. The van der Waals surface area contributed by atoms with E-state index in [9.17, 15) is 0 Å². The topological polar surface area (TPSA) is 18.5 Å². The molecule has 0 heterocycles. The molecule has 0 aliphatic heterocycles. The fourth-order valence-electron chi connectivity index (χ4n) is 3.28. The Labute approximate surface area is 194 Å². The van der Waals surface area contributed by atoms with Crippen molar-refractivity contribution in [3.63, 3.8) is 0 Å². The van der Waals surface area contributed by atoms with Crippen molar-refractivity contribution in [2.75, 3.05) is 13.2 Å². The van der Waals surface area contributed by atoms with E-state index in [4.69, 9.17) is 9.47 Å². The van der Waals surface area contributed by atoms with E-state index in [-0.39, 0.29) is 6.29 Å². The van der Waals surface area contributed by atoms with Crippen LogP contribution in [0.25, 0.3) is 0 Å². The highest BCUT2D eigenvalue weighted by molar-refractivity contribution is 5.03. The lowest BCUT2D eigenvalue weighted by molar-refractivity contribution is -0.131. The first-order chi connectivity index (χ1) is 14.8. The van der Waals surface area contributed by atoms with Crippen LogP contribution in [0.3, 0.4) is 0 Å². The van der Waals surface area contributed by atoms with Gasteiger partial charge in [-0.2, -0.15) is 0 Å². The summed E-state index contributed by atoms with van der Waals surface area (Å²) in [6.07, 6.45) is 22.1. The van der Waals surface area contributed by atoms with E-state index in [1.54, 1.807) is 0 Å². The molecule has 0 aliphatic carbocycles. The molecule has 0 aromatic carbocycles. The molecule has 0 saturated carbocycles. The largest absolute Gasteiger partial charge is 0.349 e. The molecule has 0 radical (unpaired) electrons. The zero-order valence-electron chi connectivity index (χ0n) is 21.9. The highest BCUT2D eigenvalue weighted by atomic mass is 16.7. The minimum atomic E-state index is -0.102. The number of unbranched alkanes of at least 4 members (excludes halogenated alkanes) is 5. The fourth-order valence-corrected chi connectivity index (χ4v) is 3.28. The van der Waals surface area contributed by atoms with Crippen LogP contribution in [-0.2, 0) is 9.47 Å². The van der Waals surface area contributed by atoms with Gasteiger partial charge < -0.3 is 9.47 Å². The molecular formula is C29H52O2. The Hall–Kier alpha value is -1.12. The maximum absolute atomic E-state index is 6.11. The van der Waals surface area contributed by atoms with E-state index in [2.05, 4.69) is 72.8 Å². The van der Waals surface area contributed by atoms with Crippen LogP contribution in [0.1, 0.15) is 119 Å². The number of ether oxygens (including phenoxy) is 2. The standard InChI is InChI=1S/C29H52O2/c1-8-9-10-11-12-13-20-29(30-23-21-27(6)18-14-16-25(2)3)31-24-22-28(7)19-15-17-26(4)5/h16-17,21-22,29H,8-15,18-20,23-24H2,1-7H3. The zero-order valence-corrected chi connectivity index (χ0v) is 21.9. The maximum Gasteiger partial charge on any atom is 0.158 e. The highest BCUT2D eigenvalue weighted by Crippen LogP contribution is 2.14. The second-order valence-electron chi connectivity index (χ2n) is 9.39. The second-order valence-corrected chi connectivity index (χ2v) is 9.39. The normalized spacial score (nSPS) is 13.3. The molecule has 31 heavy (non-hydrogen) atoms. The molecule has 0 spiro atoms. The average Bonchev–Trinajstić information content (AvgIpc) is 2.69. The van der Waals surface area contributed by atoms with Gasteiger partial charge in [0.25, 0.3) is 0 Å². The lowest BCUT2D eigenvalue weighted by atomic mass is 10.1. The number of allylic oxidation sites excluding steroid dienone is 6. The van der Waals surface area contributed by atoms with Gasteiger partial charge in [0.05, 0.1) is 13.2 Å². The van der Waals surface area contributed by atoms with Crippen LogP contribution in [0.15, 0.2) is 46.6 Å². The number of rotatable bonds is 19. The van der Waals surface area contributed by atoms with Crippen molar-refractivity contribution < 1.29 is 9.47 Å². The molecule has 0 bridgehead atoms. The summed E-state index contributed by atoms with van der Waals surface area (Å²) in [7, 11) is 0. The maximum atomic E-state index is 6.11. The first kappa shape index (κ1) is 29.9. The van der Waals surface area contributed by atoms with Crippen LogP contribution in [0.5, 0.6) is 0 Å². The minimum Gasteiger partial charge on any atom is -0.349 e. The van der Waals surface area contributed by atoms with Gasteiger partial charge >= 0.3 is 0 Å². The molecule has 0 fully saturated rings. The first-order valence-electron chi connectivity index (χ1n) is 12.7. The van der Waals surface area contributed by atoms with Gasteiger partial charge in [0.15, 0.2) is 6.29 Å². The fraction of sp³-hybridized carbons (Fsp3) is 0.724. The number of hydrogen-bond acceptors (Lipinski definition) is 2. The lowest BCUT2D eigenvalue weighted by Gasteiger charge is -2.17. The molecule has 0 amide bonds. The molecule has 0 N–H and O–H groups in total. The minimum absolute atomic E-state index is 0.102. The molecule has 0 rings (SSSR count). The average molecular weight is 433 g/mol. The van der Waals surface area contributed by atoms with E-state index in [0.29, 0.717) is 13.2 Å². The molecule has 0 aromatic rings. The molecule has 0 aliphatic rings. The quantitative estimate of drug-likeness (QED) is 0.115. The summed E-state index contributed by atoms with van der Waals surface area (Å²) in [5.41, 5.74) is 5.57. The van der Waals surface area contributed by atoms with E-state index in [1.807, 2.05) is 0 Å². The summed E-state index contributed by atoms with van der Waals surface area (Å²) in [5.74, 6) is 0. The van der Waals surface area contributed by atoms with Crippen molar-refractivity contribution in [1.29, 1.82) is 0 Å². The van der Waals surface area contributed by atoms with Gasteiger partial charge in [0.1, 0.15) is 0 Å². The first-order valence-corrected chi connectivity index (χ1v) is 12.7. The van der Waals surface area contributed by atoms with Gasteiger partial charge in [-0.3, -0.25) is 0 Å². The summed E-state index contributed by atoms with van der Waals surface area (Å²) < 4.78 is 12.2. The van der Waals surface area contributed by atoms with Crippen LogP contribution < -0.4 is 0 Å². The Balaban J connectivity index is 4.46. The van der Waals surface area contributed by atoms with Crippen LogP contribution in [0.4, 0.5) is 0 Å². The van der Waals surface area contributed by atoms with Crippen LogP contribution in [0.2, 0.25) is 0 Å². The Bertz CT molecular complexity index is 501. The molecule has 180 valence electrons. The van der Waals surface area contributed by atoms with E-state index in [0.717, 1.165) is 32.1 Å². The Kier molecular flexibility index (Phi) is 20.0. The third kappa shape index (κ3) is 21.9. The van der Waals surface area contributed by atoms with Crippen molar-refractivity contribution in [3.05, 3.63) is 46.6 Å². The van der Waals surface area contributed by atoms with Gasteiger partial charge in [-0.25, -0.2) is 0 Å². The SMILES string of the molecule is CCCCCCCCC(OCC=C(C)CCC=C(C)C)OCC=C(C)CCC=C(C)C. The molecular weight excluding hydrogens is 380 g/mol. The van der Waals surface area contributed by atoms with Gasteiger partial charge in [-0.05, 0) is 80.1 Å². The third-order valence-electron chi connectivity index (χ3n) is 5.40. The summed E-state index contributed by atoms with van der Waals surface area (Å²) in [6.45, 7) is 16.6. The number of hydrogen-bond donors (Lipinski definition) is 0. The highest BCUT2D eigenvalue weighted by Gasteiger charge is 2.08.